The van der Waals surface area contributed by atoms with Gasteiger partial charge in [0.25, 0.3) is 5.91 Å². The van der Waals surface area contributed by atoms with Gasteiger partial charge in [-0.25, -0.2) is 0 Å². The van der Waals surface area contributed by atoms with Crippen molar-refractivity contribution in [2.24, 2.45) is 0 Å². The van der Waals surface area contributed by atoms with E-state index in [-0.39, 0.29) is 18.4 Å². The van der Waals surface area contributed by atoms with E-state index in [1.54, 1.807) is 12.0 Å². The zero-order valence-electron chi connectivity index (χ0n) is 15.2. The summed E-state index contributed by atoms with van der Waals surface area (Å²) >= 11 is 0. The first-order valence-corrected chi connectivity index (χ1v) is 9.12. The molecule has 2 fully saturated rings. The molecule has 142 valence electrons. The largest absolute Gasteiger partial charge is 0.497 e. The van der Waals surface area contributed by atoms with Gasteiger partial charge in [0.05, 0.1) is 13.7 Å². The molecule has 2 aliphatic heterocycles. The Morgan fingerprint density at radius 3 is 2.59 bits per heavy atom. The second-order valence-corrected chi connectivity index (χ2v) is 6.71. The maximum Gasteiger partial charge on any atom is 0.262 e. The molecule has 2 aliphatic rings. The molecular weight excluding hydrogens is 348 g/mol. The molecule has 3 heterocycles. The highest BCUT2D eigenvalue weighted by Gasteiger charge is 2.33. The van der Waals surface area contributed by atoms with Crippen molar-refractivity contribution in [3.63, 3.8) is 0 Å². The van der Waals surface area contributed by atoms with E-state index < -0.39 is 0 Å². The summed E-state index contributed by atoms with van der Waals surface area (Å²) in [5, 5.41) is 6.97. The number of benzene rings is 1. The lowest BCUT2D eigenvalue weighted by Crippen LogP contribution is -2.50. The van der Waals surface area contributed by atoms with Crippen molar-refractivity contribution in [3.05, 3.63) is 29.8 Å². The number of hydrogen-bond acceptors (Lipinski definition) is 6. The number of rotatable bonds is 4. The van der Waals surface area contributed by atoms with E-state index in [2.05, 4.69) is 15.4 Å². The van der Waals surface area contributed by atoms with Crippen LogP contribution in [0.4, 0.5) is 5.82 Å². The number of carbonyl (C=O) groups is 2. The molecule has 0 radical (unpaired) electrons. The lowest BCUT2D eigenvalue weighted by molar-refractivity contribution is -0.123. The van der Waals surface area contributed by atoms with Crippen LogP contribution in [0, 0.1) is 0 Å². The summed E-state index contributed by atoms with van der Waals surface area (Å²) in [7, 11) is 1.60. The zero-order valence-corrected chi connectivity index (χ0v) is 15.2. The summed E-state index contributed by atoms with van der Waals surface area (Å²) in [6.07, 6.45) is 2.12. The highest BCUT2D eigenvalue weighted by molar-refractivity contribution is 6.05. The summed E-state index contributed by atoms with van der Waals surface area (Å²) in [5.41, 5.74) is 1.18. The number of aromatic nitrogens is 1. The Balaban J connectivity index is 1.74. The number of piperazine rings is 1. The van der Waals surface area contributed by atoms with Crippen LogP contribution in [0.1, 0.15) is 23.2 Å². The van der Waals surface area contributed by atoms with Gasteiger partial charge in [0.15, 0.2) is 11.6 Å². The van der Waals surface area contributed by atoms with Crippen molar-refractivity contribution in [3.8, 4) is 17.1 Å². The fraction of sp³-hybridized carbons (Fsp3) is 0.421. The number of amides is 2. The number of hydrogen-bond donors (Lipinski definition) is 1. The van der Waals surface area contributed by atoms with Crippen molar-refractivity contribution < 1.29 is 18.8 Å². The predicted octanol–water partition coefficient (Wildman–Crippen LogP) is 1.52. The Kier molecular flexibility index (Phi) is 4.70. The molecule has 0 atom stereocenters. The lowest BCUT2D eigenvalue weighted by atomic mass is 10.1. The third kappa shape index (κ3) is 3.34. The highest BCUT2D eigenvalue weighted by Crippen LogP contribution is 2.34. The third-order valence-corrected chi connectivity index (χ3v) is 4.97. The summed E-state index contributed by atoms with van der Waals surface area (Å²) in [4.78, 5) is 28.7. The average molecular weight is 370 g/mol. The van der Waals surface area contributed by atoms with Gasteiger partial charge in [0, 0.05) is 31.7 Å². The molecule has 0 bridgehead atoms. The van der Waals surface area contributed by atoms with Crippen molar-refractivity contribution in [1.82, 2.24) is 15.4 Å². The van der Waals surface area contributed by atoms with Gasteiger partial charge in [0.2, 0.25) is 5.91 Å². The molecular formula is C19H22N4O4. The number of anilines is 1. The Hall–Kier alpha value is -3.03. The molecule has 0 spiro atoms. The molecule has 0 unspecified atom stereocenters. The van der Waals surface area contributed by atoms with Gasteiger partial charge in [-0.3, -0.25) is 9.59 Å². The fourth-order valence-corrected chi connectivity index (χ4v) is 3.53. The number of nitrogens with one attached hydrogen (secondary N) is 1. The number of carbonyl (C=O) groups excluding carboxylic acids is 2. The van der Waals surface area contributed by atoms with Gasteiger partial charge in [-0.2, -0.15) is 0 Å². The van der Waals surface area contributed by atoms with Crippen LogP contribution in [0.25, 0.3) is 11.3 Å². The standard InChI is InChI=1S/C19H22N4O4/c1-26-14-6-4-13(5-7-14)17-16(18(21-27-17)22-9-2-3-10-22)19(25)23-11-8-20-15(24)12-23/h4-7H,2-3,8-12H2,1H3,(H,20,24). The van der Waals surface area contributed by atoms with E-state index >= 15 is 0 Å². The number of ether oxygens (including phenoxy) is 1. The third-order valence-electron chi connectivity index (χ3n) is 4.97. The van der Waals surface area contributed by atoms with E-state index in [1.807, 2.05) is 24.3 Å². The average Bonchev–Trinajstić information content (AvgIpc) is 3.37. The van der Waals surface area contributed by atoms with E-state index in [1.165, 1.54) is 0 Å². The monoisotopic (exact) mass is 370 g/mol. The van der Waals surface area contributed by atoms with Crippen molar-refractivity contribution >= 4 is 17.6 Å². The minimum absolute atomic E-state index is 0.0471. The van der Waals surface area contributed by atoms with E-state index in [0.717, 1.165) is 37.2 Å². The minimum Gasteiger partial charge on any atom is -0.497 e. The Bertz CT molecular complexity index is 840. The Morgan fingerprint density at radius 2 is 1.93 bits per heavy atom. The smallest absolute Gasteiger partial charge is 0.262 e. The summed E-state index contributed by atoms with van der Waals surface area (Å²) in [5.74, 6) is 1.34. The number of nitrogens with zero attached hydrogens (tertiary/aromatic N) is 3. The summed E-state index contributed by atoms with van der Waals surface area (Å²) in [6, 6.07) is 7.31. The van der Waals surface area contributed by atoms with Crippen LogP contribution in [0.3, 0.4) is 0 Å². The predicted molar refractivity (Wildman–Crippen MR) is 98.9 cm³/mol. The maximum absolute atomic E-state index is 13.3. The molecule has 1 aromatic heterocycles. The SMILES string of the molecule is COc1ccc(-c2onc(N3CCCC3)c2C(=O)N2CCNC(=O)C2)cc1. The van der Waals surface area contributed by atoms with Crippen molar-refractivity contribution in [2.45, 2.75) is 12.8 Å². The van der Waals surface area contributed by atoms with Crippen molar-refractivity contribution in [2.75, 3.05) is 44.7 Å². The van der Waals surface area contributed by atoms with Gasteiger partial charge in [0.1, 0.15) is 11.3 Å². The first-order chi connectivity index (χ1) is 13.2. The first kappa shape index (κ1) is 17.4. The normalized spacial score (nSPS) is 17.1. The molecule has 2 saturated heterocycles. The maximum atomic E-state index is 13.3. The van der Waals surface area contributed by atoms with Crippen LogP contribution >= 0.6 is 0 Å². The van der Waals surface area contributed by atoms with E-state index in [4.69, 9.17) is 9.26 Å². The van der Waals surface area contributed by atoms with Gasteiger partial charge < -0.3 is 24.4 Å². The fourth-order valence-electron chi connectivity index (χ4n) is 3.53. The van der Waals surface area contributed by atoms with Crippen LogP contribution in [0.5, 0.6) is 5.75 Å². The van der Waals surface area contributed by atoms with Crippen LogP contribution in [-0.2, 0) is 4.79 Å². The highest BCUT2D eigenvalue weighted by atomic mass is 16.5. The van der Waals surface area contributed by atoms with Crippen molar-refractivity contribution in [1.29, 1.82) is 0 Å². The Morgan fingerprint density at radius 1 is 1.19 bits per heavy atom. The van der Waals surface area contributed by atoms with Crippen LogP contribution in [0.15, 0.2) is 28.8 Å². The summed E-state index contributed by atoms with van der Waals surface area (Å²) < 4.78 is 10.8. The molecule has 8 nitrogen and oxygen atoms in total. The van der Waals surface area contributed by atoms with E-state index in [9.17, 15) is 9.59 Å². The lowest BCUT2D eigenvalue weighted by Gasteiger charge is -2.27. The first-order valence-electron chi connectivity index (χ1n) is 9.12. The second kappa shape index (κ2) is 7.30. The van der Waals surface area contributed by atoms with Crippen LogP contribution in [-0.4, -0.2) is 61.7 Å². The van der Waals surface area contributed by atoms with Gasteiger partial charge in [-0.05, 0) is 37.1 Å². The summed E-state index contributed by atoms with van der Waals surface area (Å²) in [6.45, 7) is 2.65. The van der Waals surface area contributed by atoms with Gasteiger partial charge >= 0.3 is 0 Å². The zero-order chi connectivity index (χ0) is 18.8. The van der Waals surface area contributed by atoms with Gasteiger partial charge in [-0.1, -0.05) is 5.16 Å². The van der Waals surface area contributed by atoms with Gasteiger partial charge in [-0.15, -0.1) is 0 Å². The molecule has 8 heteroatoms. The van der Waals surface area contributed by atoms with E-state index in [0.29, 0.717) is 30.2 Å². The molecule has 27 heavy (non-hydrogen) atoms. The molecule has 1 N–H and O–H groups in total. The van der Waals surface area contributed by atoms with Crippen LogP contribution in [0.2, 0.25) is 0 Å². The molecule has 2 aromatic rings. The molecule has 0 aliphatic carbocycles. The molecule has 4 rings (SSSR count). The number of methoxy groups -OCH3 is 1. The minimum atomic E-state index is -0.223. The molecule has 0 saturated carbocycles. The molecule has 2 amide bonds. The second-order valence-electron chi connectivity index (χ2n) is 6.71. The topological polar surface area (TPSA) is 87.9 Å². The van der Waals surface area contributed by atoms with Crippen LogP contribution < -0.4 is 15.0 Å². The Labute approximate surface area is 157 Å². The molecule has 1 aromatic carbocycles. The quantitative estimate of drug-likeness (QED) is 0.878.